The van der Waals surface area contributed by atoms with Gasteiger partial charge in [0, 0.05) is 24.8 Å². The average Bonchev–Trinajstić information content (AvgIpc) is 2.29. The normalized spacial score (nSPS) is 21.7. The molecule has 0 bridgehead atoms. The van der Waals surface area contributed by atoms with Crippen LogP contribution in [0.3, 0.4) is 0 Å². The molecule has 15 heavy (non-hydrogen) atoms. The highest BCUT2D eigenvalue weighted by atomic mass is 79.9. The zero-order valence-corrected chi connectivity index (χ0v) is 11.0. The summed E-state index contributed by atoms with van der Waals surface area (Å²) >= 11 is 3.39. The lowest BCUT2D eigenvalue weighted by Crippen LogP contribution is -2.46. The van der Waals surface area contributed by atoms with Crippen LogP contribution in [0.1, 0.15) is 32.6 Å². The largest absolute Gasteiger partial charge is 0.374 e. The van der Waals surface area contributed by atoms with Crippen molar-refractivity contribution in [2.45, 2.75) is 38.7 Å². The summed E-state index contributed by atoms with van der Waals surface area (Å²) in [6.07, 6.45) is 4.21. The van der Waals surface area contributed by atoms with Gasteiger partial charge in [-0.3, -0.25) is 4.79 Å². The number of nitrogens with zero attached hydrogens (tertiary/aromatic N) is 1. The van der Waals surface area contributed by atoms with E-state index in [1.165, 1.54) is 6.42 Å². The van der Waals surface area contributed by atoms with Crippen LogP contribution in [0.25, 0.3) is 0 Å². The van der Waals surface area contributed by atoms with Gasteiger partial charge in [-0.15, -0.1) is 0 Å². The number of halogens is 1. The van der Waals surface area contributed by atoms with E-state index in [2.05, 4.69) is 22.9 Å². The van der Waals surface area contributed by atoms with E-state index in [4.69, 9.17) is 4.74 Å². The third kappa shape index (κ3) is 4.51. The number of ether oxygens (including phenoxy) is 1. The first-order chi connectivity index (χ1) is 7.27. The van der Waals surface area contributed by atoms with Gasteiger partial charge in [0.2, 0.25) is 5.91 Å². The lowest BCUT2D eigenvalue weighted by atomic mass is 10.2. The van der Waals surface area contributed by atoms with Gasteiger partial charge in [-0.25, -0.2) is 0 Å². The number of amides is 1. The van der Waals surface area contributed by atoms with Crippen LogP contribution in [0.5, 0.6) is 0 Å². The fraction of sp³-hybridized carbons (Fsp3) is 0.909. The Bertz CT molecular complexity index is 199. The maximum Gasteiger partial charge on any atom is 0.222 e. The molecule has 1 atom stereocenters. The van der Waals surface area contributed by atoms with Gasteiger partial charge in [-0.1, -0.05) is 35.7 Å². The minimum Gasteiger partial charge on any atom is -0.374 e. The molecule has 1 heterocycles. The Morgan fingerprint density at radius 1 is 1.53 bits per heavy atom. The van der Waals surface area contributed by atoms with Crippen LogP contribution in [-0.2, 0) is 9.53 Å². The van der Waals surface area contributed by atoms with Crippen LogP contribution in [0.15, 0.2) is 0 Å². The molecule has 0 aromatic heterocycles. The number of carbonyl (C=O) groups excluding carboxylic acids is 1. The molecular weight excluding hydrogens is 258 g/mol. The van der Waals surface area contributed by atoms with E-state index in [1.807, 2.05) is 4.90 Å². The molecule has 0 saturated carbocycles. The van der Waals surface area contributed by atoms with Crippen molar-refractivity contribution in [3.8, 4) is 0 Å². The highest BCUT2D eigenvalue weighted by Crippen LogP contribution is 2.10. The second-order valence-corrected chi connectivity index (χ2v) is 4.59. The Hall–Kier alpha value is -0.0900. The SMILES string of the molecule is CCCCCC(=O)N1CCOC(CBr)C1. The first-order valence-electron chi connectivity index (χ1n) is 5.73. The highest BCUT2D eigenvalue weighted by Gasteiger charge is 2.22. The standard InChI is InChI=1S/C11H20BrNO2/c1-2-3-4-5-11(14)13-6-7-15-10(8-12)9-13/h10H,2-9H2,1H3. The summed E-state index contributed by atoms with van der Waals surface area (Å²) in [5.74, 6) is 0.290. The van der Waals surface area contributed by atoms with Gasteiger partial charge in [-0.05, 0) is 6.42 Å². The van der Waals surface area contributed by atoms with Crippen molar-refractivity contribution in [1.29, 1.82) is 0 Å². The Balaban J connectivity index is 2.25. The van der Waals surface area contributed by atoms with Crippen molar-refractivity contribution in [1.82, 2.24) is 4.90 Å². The fourth-order valence-corrected chi connectivity index (χ4v) is 2.12. The first-order valence-corrected chi connectivity index (χ1v) is 6.85. The molecule has 1 saturated heterocycles. The molecule has 0 aromatic carbocycles. The summed E-state index contributed by atoms with van der Waals surface area (Å²) < 4.78 is 5.49. The third-order valence-electron chi connectivity index (χ3n) is 2.66. The Kier molecular flexibility index (Phi) is 6.25. The van der Waals surface area contributed by atoms with Crippen molar-refractivity contribution >= 4 is 21.8 Å². The number of rotatable bonds is 5. The van der Waals surface area contributed by atoms with Crippen molar-refractivity contribution in [3.05, 3.63) is 0 Å². The van der Waals surface area contributed by atoms with Crippen LogP contribution < -0.4 is 0 Å². The number of morpholine rings is 1. The molecule has 0 spiro atoms. The molecular formula is C11H20BrNO2. The lowest BCUT2D eigenvalue weighted by molar-refractivity contribution is -0.138. The lowest BCUT2D eigenvalue weighted by Gasteiger charge is -2.32. The van der Waals surface area contributed by atoms with Gasteiger partial charge in [-0.2, -0.15) is 0 Å². The van der Waals surface area contributed by atoms with E-state index in [1.54, 1.807) is 0 Å². The predicted molar refractivity (Wildman–Crippen MR) is 64.3 cm³/mol. The van der Waals surface area contributed by atoms with E-state index in [9.17, 15) is 4.79 Å². The Morgan fingerprint density at radius 3 is 3.00 bits per heavy atom. The summed E-state index contributed by atoms with van der Waals surface area (Å²) in [4.78, 5) is 13.7. The van der Waals surface area contributed by atoms with Gasteiger partial charge < -0.3 is 9.64 Å². The molecule has 1 unspecified atom stereocenters. The number of hydrogen-bond donors (Lipinski definition) is 0. The summed E-state index contributed by atoms with van der Waals surface area (Å²) in [5.41, 5.74) is 0. The molecule has 0 radical (unpaired) electrons. The molecule has 1 amide bonds. The van der Waals surface area contributed by atoms with E-state index in [0.29, 0.717) is 13.0 Å². The number of unbranched alkanes of at least 4 members (excludes halogenated alkanes) is 2. The molecule has 1 aliphatic rings. The zero-order chi connectivity index (χ0) is 11.1. The molecule has 0 aliphatic carbocycles. The topological polar surface area (TPSA) is 29.5 Å². The van der Waals surface area contributed by atoms with Crippen molar-refractivity contribution < 1.29 is 9.53 Å². The van der Waals surface area contributed by atoms with Gasteiger partial charge in [0.25, 0.3) is 0 Å². The van der Waals surface area contributed by atoms with E-state index >= 15 is 0 Å². The Morgan fingerprint density at radius 2 is 2.33 bits per heavy atom. The zero-order valence-electron chi connectivity index (χ0n) is 9.38. The van der Waals surface area contributed by atoms with Gasteiger partial charge in [0.05, 0.1) is 12.7 Å². The summed E-state index contributed by atoms with van der Waals surface area (Å²) in [6.45, 7) is 4.33. The predicted octanol–water partition coefficient (Wildman–Crippen LogP) is 2.19. The third-order valence-corrected chi connectivity index (χ3v) is 3.38. The quantitative estimate of drug-likeness (QED) is 0.570. The van der Waals surface area contributed by atoms with Crippen LogP contribution in [0, 0.1) is 0 Å². The van der Waals surface area contributed by atoms with E-state index < -0.39 is 0 Å². The summed E-state index contributed by atoms with van der Waals surface area (Å²) in [7, 11) is 0. The maximum atomic E-state index is 11.8. The van der Waals surface area contributed by atoms with Crippen LogP contribution in [0.4, 0.5) is 0 Å². The molecule has 0 N–H and O–H groups in total. The average molecular weight is 278 g/mol. The molecule has 4 heteroatoms. The number of carbonyl (C=O) groups is 1. The summed E-state index contributed by atoms with van der Waals surface area (Å²) in [5, 5.41) is 0.811. The second kappa shape index (κ2) is 7.23. The van der Waals surface area contributed by atoms with Crippen molar-refractivity contribution in [3.63, 3.8) is 0 Å². The Labute approximate surface area is 100 Å². The summed E-state index contributed by atoms with van der Waals surface area (Å²) in [6, 6.07) is 0. The molecule has 1 aliphatic heterocycles. The molecule has 0 aromatic rings. The van der Waals surface area contributed by atoms with Gasteiger partial charge in [0.15, 0.2) is 0 Å². The second-order valence-electron chi connectivity index (χ2n) is 3.94. The van der Waals surface area contributed by atoms with Crippen molar-refractivity contribution in [2.75, 3.05) is 25.0 Å². The molecule has 1 fully saturated rings. The van der Waals surface area contributed by atoms with E-state index in [0.717, 1.165) is 31.3 Å². The fourth-order valence-electron chi connectivity index (χ4n) is 1.72. The monoisotopic (exact) mass is 277 g/mol. The maximum absolute atomic E-state index is 11.8. The van der Waals surface area contributed by atoms with Gasteiger partial charge in [0.1, 0.15) is 0 Å². The molecule has 3 nitrogen and oxygen atoms in total. The van der Waals surface area contributed by atoms with Crippen LogP contribution in [0.2, 0.25) is 0 Å². The van der Waals surface area contributed by atoms with E-state index in [-0.39, 0.29) is 12.0 Å². The van der Waals surface area contributed by atoms with Gasteiger partial charge >= 0.3 is 0 Å². The number of alkyl halides is 1. The molecule has 88 valence electrons. The highest BCUT2D eigenvalue weighted by molar-refractivity contribution is 9.09. The first kappa shape index (κ1) is 13.0. The molecule has 1 rings (SSSR count). The minimum absolute atomic E-state index is 0.175. The van der Waals surface area contributed by atoms with Crippen LogP contribution >= 0.6 is 15.9 Å². The van der Waals surface area contributed by atoms with Crippen LogP contribution in [-0.4, -0.2) is 41.9 Å². The minimum atomic E-state index is 0.175. The smallest absolute Gasteiger partial charge is 0.222 e. The number of hydrogen-bond acceptors (Lipinski definition) is 2. The van der Waals surface area contributed by atoms with Crippen molar-refractivity contribution in [2.24, 2.45) is 0 Å².